The van der Waals surface area contributed by atoms with Gasteiger partial charge in [-0.1, -0.05) is 30.0 Å². The third-order valence-corrected chi connectivity index (χ3v) is 2.93. The Bertz CT molecular complexity index is 499. The first kappa shape index (κ1) is 8.90. The molecule has 1 aromatic carbocycles. The minimum Gasteiger partial charge on any atom is -0.305 e. The summed E-state index contributed by atoms with van der Waals surface area (Å²) in [6.07, 6.45) is 0. The van der Waals surface area contributed by atoms with E-state index in [0.29, 0.717) is 5.70 Å². The molecule has 3 nitrogen and oxygen atoms in total. The average Bonchev–Trinajstić information content (AvgIpc) is 2.61. The second-order valence-corrected chi connectivity index (χ2v) is 3.72. The summed E-state index contributed by atoms with van der Waals surface area (Å²) in [6, 6.07) is 8.11. The maximum Gasteiger partial charge on any atom is 0.0889 e. The Morgan fingerprint density at radius 2 is 2.14 bits per heavy atom. The highest BCUT2D eigenvalue weighted by molar-refractivity contribution is 7.17. The minimum atomic E-state index is 0.602. The maximum absolute atomic E-state index is 4.98. The topological polar surface area (TPSA) is 50.7 Å². The lowest BCUT2D eigenvalue weighted by Crippen LogP contribution is -1.79. The van der Waals surface area contributed by atoms with Gasteiger partial charge in [0.2, 0.25) is 0 Å². The first-order chi connectivity index (χ1) is 6.83. The number of thiophene rings is 1. The molecule has 2 rings (SSSR count). The van der Waals surface area contributed by atoms with Crippen LogP contribution in [0, 0.1) is 0 Å². The van der Waals surface area contributed by atoms with Gasteiger partial charge in [0, 0.05) is 21.0 Å². The molecule has 2 N–H and O–H groups in total. The van der Waals surface area contributed by atoms with Gasteiger partial charge in [0.05, 0.1) is 5.70 Å². The van der Waals surface area contributed by atoms with Gasteiger partial charge in [0.15, 0.2) is 0 Å². The van der Waals surface area contributed by atoms with Crippen LogP contribution in [0.4, 0.5) is 0 Å². The van der Waals surface area contributed by atoms with Gasteiger partial charge in [-0.15, -0.1) is 16.5 Å². The highest BCUT2D eigenvalue weighted by atomic mass is 32.1. The van der Waals surface area contributed by atoms with Crippen molar-refractivity contribution in [2.24, 2.45) is 16.2 Å². The Labute approximate surface area is 85.6 Å². The molecule has 70 valence electrons. The lowest BCUT2D eigenvalue weighted by Gasteiger charge is -1.95. The van der Waals surface area contributed by atoms with Crippen LogP contribution in [0.25, 0.3) is 15.8 Å². The number of nitrogens with two attached hydrogens (primary N) is 1. The lowest BCUT2D eigenvalue weighted by atomic mass is 10.1. The summed E-state index contributed by atoms with van der Waals surface area (Å²) < 4.78 is 1.22. The van der Waals surface area contributed by atoms with Crippen molar-refractivity contribution in [1.82, 2.24) is 0 Å². The predicted molar refractivity (Wildman–Crippen MR) is 59.9 cm³/mol. The molecule has 1 aromatic heterocycles. The summed E-state index contributed by atoms with van der Waals surface area (Å²) in [6.45, 7) is 3.80. The van der Waals surface area contributed by atoms with Crippen molar-refractivity contribution in [2.75, 3.05) is 0 Å². The molecule has 0 spiro atoms. The molecular weight excluding hydrogens is 194 g/mol. The predicted octanol–water partition coefficient (Wildman–Crippen LogP) is 3.20. The molecule has 0 fully saturated rings. The fraction of sp³-hybridized carbons (Fsp3) is 0. The molecule has 0 aliphatic carbocycles. The first-order valence-corrected chi connectivity index (χ1v) is 4.97. The monoisotopic (exact) mass is 203 g/mol. The molecule has 0 radical (unpaired) electrons. The SMILES string of the molecule is C=C(N=NN)c1csc2ccccc12. The molecule has 4 heteroatoms. The van der Waals surface area contributed by atoms with Gasteiger partial charge < -0.3 is 5.84 Å². The van der Waals surface area contributed by atoms with Crippen LogP contribution in [0.2, 0.25) is 0 Å². The molecule has 0 saturated heterocycles. The van der Waals surface area contributed by atoms with Crippen LogP contribution >= 0.6 is 11.3 Å². The second kappa shape index (κ2) is 3.59. The molecule has 0 bridgehead atoms. The summed E-state index contributed by atoms with van der Waals surface area (Å²) >= 11 is 1.66. The summed E-state index contributed by atoms with van der Waals surface area (Å²) in [5.74, 6) is 4.98. The third kappa shape index (κ3) is 1.40. The van der Waals surface area contributed by atoms with Gasteiger partial charge >= 0.3 is 0 Å². The summed E-state index contributed by atoms with van der Waals surface area (Å²) in [5, 5.41) is 10.1. The van der Waals surface area contributed by atoms with Crippen molar-refractivity contribution in [3.8, 4) is 0 Å². The molecule has 14 heavy (non-hydrogen) atoms. The van der Waals surface area contributed by atoms with E-state index in [4.69, 9.17) is 5.84 Å². The van der Waals surface area contributed by atoms with E-state index >= 15 is 0 Å². The van der Waals surface area contributed by atoms with E-state index in [9.17, 15) is 0 Å². The van der Waals surface area contributed by atoms with Crippen molar-refractivity contribution in [3.63, 3.8) is 0 Å². The summed E-state index contributed by atoms with van der Waals surface area (Å²) in [5.41, 5.74) is 1.60. The fourth-order valence-corrected chi connectivity index (χ4v) is 2.29. The first-order valence-electron chi connectivity index (χ1n) is 4.09. The highest BCUT2D eigenvalue weighted by Gasteiger charge is 2.05. The molecule has 0 aliphatic heterocycles. The number of hydrogen-bond donors (Lipinski definition) is 1. The molecule has 0 saturated carbocycles. The summed E-state index contributed by atoms with van der Waals surface area (Å²) in [7, 11) is 0. The van der Waals surface area contributed by atoms with Gasteiger partial charge in [0.25, 0.3) is 0 Å². The Hall–Kier alpha value is -1.68. The van der Waals surface area contributed by atoms with Crippen LogP contribution in [0.1, 0.15) is 5.56 Å². The molecule has 2 aromatic rings. The third-order valence-electron chi connectivity index (χ3n) is 1.97. The van der Waals surface area contributed by atoms with Crippen LogP contribution in [0.15, 0.2) is 46.6 Å². The second-order valence-electron chi connectivity index (χ2n) is 2.81. The number of nitrogens with zero attached hydrogens (tertiary/aromatic N) is 2. The number of benzene rings is 1. The number of hydrogen-bond acceptors (Lipinski definition) is 3. The Morgan fingerprint density at radius 1 is 1.36 bits per heavy atom. The molecule has 0 unspecified atom stereocenters. The van der Waals surface area contributed by atoms with E-state index < -0.39 is 0 Å². The van der Waals surface area contributed by atoms with Gasteiger partial charge in [-0.05, 0) is 6.07 Å². The Kier molecular flexibility index (Phi) is 2.28. The van der Waals surface area contributed by atoms with Crippen molar-refractivity contribution >= 4 is 27.1 Å². The van der Waals surface area contributed by atoms with Crippen LogP contribution in [0.3, 0.4) is 0 Å². The molecule has 0 aliphatic rings. The van der Waals surface area contributed by atoms with Crippen LogP contribution in [0.5, 0.6) is 0 Å². The largest absolute Gasteiger partial charge is 0.305 e. The van der Waals surface area contributed by atoms with Gasteiger partial charge in [-0.3, -0.25) is 0 Å². The molecular formula is C10H9N3S. The van der Waals surface area contributed by atoms with Crippen molar-refractivity contribution < 1.29 is 0 Å². The number of fused-ring (bicyclic) bond motifs is 1. The fourth-order valence-electron chi connectivity index (χ4n) is 1.32. The van der Waals surface area contributed by atoms with Crippen molar-refractivity contribution in [3.05, 3.63) is 41.8 Å². The van der Waals surface area contributed by atoms with E-state index in [1.165, 1.54) is 4.70 Å². The van der Waals surface area contributed by atoms with E-state index in [-0.39, 0.29) is 0 Å². The molecule has 0 amide bonds. The zero-order chi connectivity index (χ0) is 9.97. The van der Waals surface area contributed by atoms with Gasteiger partial charge in [0.1, 0.15) is 0 Å². The normalized spacial score (nSPS) is 11.1. The van der Waals surface area contributed by atoms with Crippen LogP contribution in [-0.4, -0.2) is 0 Å². The zero-order valence-electron chi connectivity index (χ0n) is 7.47. The Balaban J connectivity index is 2.58. The van der Waals surface area contributed by atoms with E-state index in [1.54, 1.807) is 11.3 Å². The maximum atomic E-state index is 4.98. The van der Waals surface area contributed by atoms with Gasteiger partial charge in [-0.25, -0.2) is 0 Å². The highest BCUT2D eigenvalue weighted by Crippen LogP contribution is 2.30. The Morgan fingerprint density at radius 3 is 2.93 bits per heavy atom. The van der Waals surface area contributed by atoms with Gasteiger partial charge in [-0.2, -0.15) is 0 Å². The van der Waals surface area contributed by atoms with E-state index in [2.05, 4.69) is 23.0 Å². The number of rotatable bonds is 2. The molecule has 1 heterocycles. The van der Waals surface area contributed by atoms with Crippen LogP contribution in [-0.2, 0) is 0 Å². The summed E-state index contributed by atoms with van der Waals surface area (Å²) in [4.78, 5) is 0. The van der Waals surface area contributed by atoms with Crippen molar-refractivity contribution in [1.29, 1.82) is 0 Å². The zero-order valence-corrected chi connectivity index (χ0v) is 8.29. The minimum absolute atomic E-state index is 0.602. The van der Waals surface area contributed by atoms with Crippen molar-refractivity contribution in [2.45, 2.75) is 0 Å². The standard InChI is InChI=1S/C10H9N3S/c1-7(12-13-11)9-6-14-10-5-3-2-4-8(9)10/h2-6H,1H2,(H2,11,12). The average molecular weight is 203 g/mol. The van der Waals surface area contributed by atoms with E-state index in [0.717, 1.165) is 10.9 Å². The van der Waals surface area contributed by atoms with E-state index in [1.807, 2.05) is 23.6 Å². The smallest absolute Gasteiger partial charge is 0.0889 e. The lowest BCUT2D eigenvalue weighted by molar-refractivity contribution is 1.07. The molecule has 0 atom stereocenters. The van der Waals surface area contributed by atoms with Crippen LogP contribution < -0.4 is 5.84 Å². The quantitative estimate of drug-likeness (QED) is 0.455.